The van der Waals surface area contributed by atoms with E-state index in [1.165, 1.54) is 0 Å². The number of amides is 1. The number of nitrogens with zero attached hydrogens (tertiary/aromatic N) is 3. The van der Waals surface area contributed by atoms with Crippen molar-refractivity contribution in [1.82, 2.24) is 15.2 Å². The molecule has 7 heteroatoms. The van der Waals surface area contributed by atoms with Gasteiger partial charge in [-0.1, -0.05) is 48.5 Å². The summed E-state index contributed by atoms with van der Waals surface area (Å²) in [5.74, 6) is 0.783. The maximum atomic E-state index is 13.3. The molecule has 3 heterocycles. The number of aromatic nitrogens is 3. The van der Waals surface area contributed by atoms with Crippen molar-refractivity contribution in [1.29, 1.82) is 0 Å². The number of ether oxygens (including phenoxy) is 1. The van der Waals surface area contributed by atoms with Gasteiger partial charge in [0.1, 0.15) is 12.4 Å². The van der Waals surface area contributed by atoms with Crippen LogP contribution in [0.1, 0.15) is 16.7 Å². The first-order valence-electron chi connectivity index (χ1n) is 12.2. The zero-order valence-corrected chi connectivity index (χ0v) is 20.1. The van der Waals surface area contributed by atoms with Crippen molar-refractivity contribution in [2.75, 3.05) is 11.4 Å². The van der Waals surface area contributed by atoms with Crippen LogP contribution in [0.25, 0.3) is 22.0 Å². The van der Waals surface area contributed by atoms with Crippen LogP contribution in [0.3, 0.4) is 0 Å². The zero-order valence-electron chi connectivity index (χ0n) is 20.1. The van der Waals surface area contributed by atoms with Gasteiger partial charge in [0, 0.05) is 36.0 Å². The molecule has 6 rings (SSSR count). The molecule has 1 aliphatic rings. The molecule has 1 amide bonds. The fourth-order valence-electron chi connectivity index (χ4n) is 4.74. The van der Waals surface area contributed by atoms with Crippen LogP contribution in [0, 0.1) is 0 Å². The van der Waals surface area contributed by atoms with E-state index in [1.807, 2.05) is 77.7 Å². The number of benzene rings is 3. The SMILES string of the molecule is O=C(Cc1ccc(-c2n[nH]c(=O)c3ccccc23)cc1)N1CCc2ccc(OCc3ccncc3)cc21. The zero-order chi connectivity index (χ0) is 25.2. The topological polar surface area (TPSA) is 88.2 Å². The lowest BCUT2D eigenvalue weighted by atomic mass is 10.0. The minimum absolute atomic E-state index is 0.0467. The molecular weight excluding hydrogens is 464 g/mol. The van der Waals surface area contributed by atoms with Gasteiger partial charge in [0.15, 0.2) is 0 Å². The van der Waals surface area contributed by atoms with E-state index in [4.69, 9.17) is 4.74 Å². The predicted molar refractivity (Wildman–Crippen MR) is 143 cm³/mol. The van der Waals surface area contributed by atoms with Crippen LogP contribution >= 0.6 is 0 Å². The van der Waals surface area contributed by atoms with Gasteiger partial charge in [-0.3, -0.25) is 14.6 Å². The molecule has 7 nitrogen and oxygen atoms in total. The Morgan fingerprint density at radius 2 is 1.70 bits per heavy atom. The molecular formula is C30H24N4O3. The van der Waals surface area contributed by atoms with Crippen molar-refractivity contribution in [3.8, 4) is 17.0 Å². The highest BCUT2D eigenvalue weighted by atomic mass is 16.5. The molecule has 1 N–H and O–H groups in total. The Morgan fingerprint density at radius 1 is 0.919 bits per heavy atom. The predicted octanol–water partition coefficient (Wildman–Crippen LogP) is 4.70. The molecule has 5 aromatic rings. The number of carbonyl (C=O) groups is 1. The number of rotatable bonds is 6. The van der Waals surface area contributed by atoms with Crippen molar-refractivity contribution in [3.63, 3.8) is 0 Å². The minimum Gasteiger partial charge on any atom is -0.489 e. The number of hydrogen-bond acceptors (Lipinski definition) is 5. The summed E-state index contributed by atoms with van der Waals surface area (Å²) in [4.78, 5) is 31.2. The van der Waals surface area contributed by atoms with Crippen LogP contribution in [0.2, 0.25) is 0 Å². The van der Waals surface area contributed by atoms with E-state index in [0.717, 1.165) is 45.5 Å². The molecule has 0 saturated heterocycles. The first kappa shape index (κ1) is 22.7. The van der Waals surface area contributed by atoms with E-state index in [1.54, 1.807) is 18.5 Å². The molecule has 2 aromatic heterocycles. The molecule has 1 aliphatic heterocycles. The normalized spacial score (nSPS) is 12.5. The first-order valence-corrected chi connectivity index (χ1v) is 12.2. The Labute approximate surface area is 213 Å². The molecule has 0 fully saturated rings. The third-order valence-electron chi connectivity index (χ3n) is 6.69. The van der Waals surface area contributed by atoms with Gasteiger partial charge in [-0.25, -0.2) is 5.10 Å². The maximum absolute atomic E-state index is 13.3. The second-order valence-electron chi connectivity index (χ2n) is 9.05. The van der Waals surface area contributed by atoms with Gasteiger partial charge >= 0.3 is 0 Å². The summed E-state index contributed by atoms with van der Waals surface area (Å²) in [7, 11) is 0. The van der Waals surface area contributed by atoms with Gasteiger partial charge in [-0.2, -0.15) is 5.10 Å². The number of H-pyrrole nitrogens is 1. The van der Waals surface area contributed by atoms with Gasteiger partial charge in [0.05, 0.1) is 23.2 Å². The average Bonchev–Trinajstić information content (AvgIpc) is 3.37. The molecule has 0 unspecified atom stereocenters. The largest absolute Gasteiger partial charge is 0.489 e. The summed E-state index contributed by atoms with van der Waals surface area (Å²) in [5, 5.41) is 8.25. The van der Waals surface area contributed by atoms with E-state index in [9.17, 15) is 9.59 Å². The highest BCUT2D eigenvalue weighted by molar-refractivity contribution is 5.97. The molecule has 182 valence electrons. The van der Waals surface area contributed by atoms with E-state index >= 15 is 0 Å². The second-order valence-corrected chi connectivity index (χ2v) is 9.05. The Bertz CT molecular complexity index is 1650. The number of anilines is 1. The van der Waals surface area contributed by atoms with Crippen LogP contribution in [0.15, 0.2) is 96.1 Å². The Morgan fingerprint density at radius 3 is 2.51 bits per heavy atom. The van der Waals surface area contributed by atoms with Gasteiger partial charge in [-0.15, -0.1) is 0 Å². The Hall–Kier alpha value is -4.78. The van der Waals surface area contributed by atoms with Crippen molar-refractivity contribution in [2.45, 2.75) is 19.4 Å². The monoisotopic (exact) mass is 488 g/mol. The Kier molecular flexibility index (Phi) is 5.94. The summed E-state index contributed by atoms with van der Waals surface area (Å²) in [6.07, 6.45) is 4.61. The van der Waals surface area contributed by atoms with Crippen LogP contribution in [0.5, 0.6) is 5.75 Å². The highest BCUT2D eigenvalue weighted by Crippen LogP contribution is 2.33. The number of carbonyl (C=O) groups excluding carboxylic acids is 1. The fraction of sp³-hybridized carbons (Fsp3) is 0.133. The van der Waals surface area contributed by atoms with Crippen LogP contribution in [-0.2, 0) is 24.2 Å². The third-order valence-corrected chi connectivity index (χ3v) is 6.69. The molecule has 0 saturated carbocycles. The summed E-state index contributed by atoms with van der Waals surface area (Å²) in [5.41, 5.74) is 5.40. The molecule has 37 heavy (non-hydrogen) atoms. The van der Waals surface area contributed by atoms with Crippen molar-refractivity contribution < 1.29 is 9.53 Å². The number of nitrogens with one attached hydrogen (secondary N) is 1. The standard InChI is InChI=1S/C30H24N4O3/c35-28(34-16-13-22-9-10-24(18-27(22)34)37-19-21-11-14-31-15-12-21)17-20-5-7-23(8-6-20)29-25-3-1-2-4-26(25)30(36)33-32-29/h1-12,14-15,18H,13,16-17,19H2,(H,33,36). The summed E-state index contributed by atoms with van der Waals surface area (Å²) in [6.45, 7) is 1.11. The fourth-order valence-corrected chi connectivity index (χ4v) is 4.74. The smallest absolute Gasteiger partial charge is 0.272 e. The van der Waals surface area contributed by atoms with Crippen LogP contribution in [0.4, 0.5) is 5.69 Å². The maximum Gasteiger partial charge on any atom is 0.272 e. The van der Waals surface area contributed by atoms with Crippen molar-refractivity contribution >= 4 is 22.4 Å². The lowest BCUT2D eigenvalue weighted by molar-refractivity contribution is -0.117. The van der Waals surface area contributed by atoms with Gasteiger partial charge in [-0.05, 0) is 47.4 Å². The number of pyridine rings is 1. The lowest BCUT2D eigenvalue weighted by Gasteiger charge is -2.18. The van der Waals surface area contributed by atoms with Gasteiger partial charge in [0.2, 0.25) is 5.91 Å². The highest BCUT2D eigenvalue weighted by Gasteiger charge is 2.25. The molecule has 0 bridgehead atoms. The molecule has 0 radical (unpaired) electrons. The second kappa shape index (κ2) is 9.70. The lowest BCUT2D eigenvalue weighted by Crippen LogP contribution is -2.30. The van der Waals surface area contributed by atoms with Crippen LogP contribution in [-0.4, -0.2) is 27.6 Å². The van der Waals surface area contributed by atoms with E-state index in [0.29, 0.717) is 30.7 Å². The van der Waals surface area contributed by atoms with Crippen molar-refractivity contribution in [2.24, 2.45) is 0 Å². The number of hydrogen-bond donors (Lipinski definition) is 1. The molecule has 0 aliphatic carbocycles. The molecule has 0 atom stereocenters. The third kappa shape index (κ3) is 4.59. The van der Waals surface area contributed by atoms with Gasteiger partial charge < -0.3 is 9.64 Å². The first-order chi connectivity index (χ1) is 18.2. The van der Waals surface area contributed by atoms with E-state index < -0.39 is 0 Å². The summed E-state index contributed by atoms with van der Waals surface area (Å²) < 4.78 is 5.96. The van der Waals surface area contributed by atoms with E-state index in [-0.39, 0.29) is 11.5 Å². The minimum atomic E-state index is -0.210. The number of fused-ring (bicyclic) bond motifs is 2. The average molecular weight is 489 g/mol. The van der Waals surface area contributed by atoms with Crippen LogP contribution < -0.4 is 15.2 Å². The number of aromatic amines is 1. The van der Waals surface area contributed by atoms with E-state index in [2.05, 4.69) is 15.2 Å². The summed E-state index contributed by atoms with van der Waals surface area (Å²) in [6, 6.07) is 25.0. The quantitative estimate of drug-likeness (QED) is 0.374. The van der Waals surface area contributed by atoms with Gasteiger partial charge in [0.25, 0.3) is 5.56 Å². The summed E-state index contributed by atoms with van der Waals surface area (Å²) >= 11 is 0. The molecule has 3 aromatic carbocycles. The molecule has 0 spiro atoms. The van der Waals surface area contributed by atoms with Crippen molar-refractivity contribution in [3.05, 3.63) is 118 Å². The Balaban J connectivity index is 1.17.